The van der Waals surface area contributed by atoms with E-state index in [1.807, 2.05) is 0 Å². The molecule has 5 nitrogen and oxygen atoms in total. The number of fused-ring (bicyclic) bond motifs is 1. The zero-order chi connectivity index (χ0) is 13.6. The molecule has 0 spiro atoms. The van der Waals surface area contributed by atoms with Gasteiger partial charge in [0.25, 0.3) is 0 Å². The molecule has 2 rings (SSSR count). The third-order valence-corrected chi connectivity index (χ3v) is 3.82. The molecule has 3 N–H and O–H groups in total. The fourth-order valence-corrected chi connectivity index (χ4v) is 2.84. The molecule has 0 bridgehead atoms. The third kappa shape index (κ3) is 2.44. The summed E-state index contributed by atoms with van der Waals surface area (Å²) in [5, 5.41) is 4.79. The lowest BCUT2D eigenvalue weighted by Gasteiger charge is -2.16. The molecule has 98 valence electrons. The van der Waals surface area contributed by atoms with E-state index in [1.165, 1.54) is 6.34 Å². The standard InChI is InChI=1S/C8H6F3N3O2S2/c9-8(10,11)4-1-5-6(17-14-3-13-5)2-7(4)18(12,15)16/h1-3H,(H,13,14)(H2,12,15,16). The number of aliphatic imine (C=N–C) groups is 1. The Morgan fingerprint density at radius 3 is 2.56 bits per heavy atom. The Balaban J connectivity index is 2.76. The number of benzene rings is 1. The average Bonchev–Trinajstić information content (AvgIpc) is 2.25. The van der Waals surface area contributed by atoms with Crippen molar-refractivity contribution in [2.45, 2.75) is 16.0 Å². The fourth-order valence-electron chi connectivity index (χ4n) is 1.38. The largest absolute Gasteiger partial charge is 0.417 e. The van der Waals surface area contributed by atoms with Gasteiger partial charge >= 0.3 is 6.18 Å². The van der Waals surface area contributed by atoms with Crippen molar-refractivity contribution in [3.8, 4) is 0 Å². The third-order valence-electron chi connectivity index (χ3n) is 2.10. The number of rotatable bonds is 1. The van der Waals surface area contributed by atoms with E-state index in [-0.39, 0.29) is 10.6 Å². The van der Waals surface area contributed by atoms with Gasteiger partial charge in [-0.1, -0.05) is 0 Å². The first-order valence-electron chi connectivity index (χ1n) is 4.42. The highest BCUT2D eigenvalue weighted by molar-refractivity contribution is 7.98. The van der Waals surface area contributed by atoms with Crippen LogP contribution >= 0.6 is 11.9 Å². The second kappa shape index (κ2) is 4.14. The fraction of sp³-hybridized carbons (Fsp3) is 0.125. The molecule has 0 atom stereocenters. The van der Waals surface area contributed by atoms with Gasteiger partial charge in [-0.25, -0.2) is 18.5 Å². The Morgan fingerprint density at radius 2 is 2.00 bits per heavy atom. The first-order valence-corrected chi connectivity index (χ1v) is 6.79. The highest BCUT2D eigenvalue weighted by atomic mass is 32.2. The molecule has 18 heavy (non-hydrogen) atoms. The molecule has 0 saturated heterocycles. The maximum Gasteiger partial charge on any atom is 0.417 e. The van der Waals surface area contributed by atoms with Gasteiger partial charge in [-0.3, -0.25) is 0 Å². The van der Waals surface area contributed by atoms with E-state index in [9.17, 15) is 21.6 Å². The van der Waals surface area contributed by atoms with E-state index < -0.39 is 26.7 Å². The van der Waals surface area contributed by atoms with Gasteiger partial charge in [0.2, 0.25) is 10.0 Å². The minimum Gasteiger partial charge on any atom is -0.316 e. The molecule has 0 aliphatic carbocycles. The van der Waals surface area contributed by atoms with Crippen molar-refractivity contribution in [1.82, 2.24) is 4.72 Å². The number of sulfonamides is 1. The molecule has 0 amide bonds. The van der Waals surface area contributed by atoms with Crippen LogP contribution in [0.3, 0.4) is 0 Å². The summed E-state index contributed by atoms with van der Waals surface area (Å²) in [5.74, 6) is 0. The van der Waals surface area contributed by atoms with E-state index in [2.05, 4.69) is 9.71 Å². The summed E-state index contributed by atoms with van der Waals surface area (Å²) in [5.41, 5.74) is -1.28. The number of nitrogens with two attached hydrogens (primary N) is 1. The predicted octanol–water partition coefficient (Wildman–Crippen LogP) is 1.62. The molecule has 0 radical (unpaired) electrons. The van der Waals surface area contributed by atoms with Gasteiger partial charge in [-0.15, -0.1) is 0 Å². The first kappa shape index (κ1) is 13.2. The Labute approximate surface area is 104 Å². The van der Waals surface area contributed by atoms with Crippen molar-refractivity contribution >= 4 is 34.0 Å². The maximum absolute atomic E-state index is 12.8. The summed E-state index contributed by atoms with van der Waals surface area (Å²) >= 11 is 0.952. The number of hydrogen-bond donors (Lipinski definition) is 2. The summed E-state index contributed by atoms with van der Waals surface area (Å²) < 4.78 is 63.2. The Hall–Kier alpha value is -1.26. The van der Waals surface area contributed by atoms with Crippen LogP contribution < -0.4 is 9.86 Å². The van der Waals surface area contributed by atoms with Crippen LogP contribution in [0.15, 0.2) is 26.9 Å². The molecular formula is C8H6F3N3O2S2. The van der Waals surface area contributed by atoms with E-state index >= 15 is 0 Å². The van der Waals surface area contributed by atoms with Crippen LogP contribution in [0.5, 0.6) is 0 Å². The quantitative estimate of drug-likeness (QED) is 0.771. The topological polar surface area (TPSA) is 84.6 Å². The number of primary sulfonamides is 1. The molecule has 1 aromatic rings. The molecular weight excluding hydrogens is 291 g/mol. The number of hydrogen-bond acceptors (Lipinski definition) is 5. The second-order valence-electron chi connectivity index (χ2n) is 3.34. The van der Waals surface area contributed by atoms with Crippen LogP contribution in [0.25, 0.3) is 0 Å². The van der Waals surface area contributed by atoms with Gasteiger partial charge in [0.1, 0.15) is 0 Å². The van der Waals surface area contributed by atoms with E-state index in [0.717, 1.165) is 18.0 Å². The molecule has 0 aromatic heterocycles. The average molecular weight is 297 g/mol. The van der Waals surface area contributed by atoms with Crippen molar-refractivity contribution in [1.29, 1.82) is 0 Å². The zero-order valence-corrected chi connectivity index (χ0v) is 10.2. The molecule has 1 heterocycles. The summed E-state index contributed by atoms with van der Waals surface area (Å²) in [4.78, 5) is 3.00. The predicted molar refractivity (Wildman–Crippen MR) is 60.0 cm³/mol. The van der Waals surface area contributed by atoms with Gasteiger partial charge in [-0.05, 0) is 24.1 Å². The van der Waals surface area contributed by atoms with E-state index in [4.69, 9.17) is 5.14 Å². The van der Waals surface area contributed by atoms with Crippen LogP contribution in [0, 0.1) is 0 Å². The van der Waals surface area contributed by atoms with Gasteiger partial charge < -0.3 is 4.72 Å². The van der Waals surface area contributed by atoms with Crippen LogP contribution in [0.4, 0.5) is 18.9 Å². The summed E-state index contributed by atoms with van der Waals surface area (Å²) in [6, 6.07) is 1.53. The summed E-state index contributed by atoms with van der Waals surface area (Å²) in [6.45, 7) is 0. The molecule has 1 aliphatic heterocycles. The summed E-state index contributed by atoms with van der Waals surface area (Å²) in [6.07, 6.45) is -3.61. The lowest BCUT2D eigenvalue weighted by molar-refractivity contribution is -0.139. The Bertz CT molecular complexity index is 625. The number of halogens is 3. The van der Waals surface area contributed by atoms with Crippen molar-refractivity contribution in [3.05, 3.63) is 17.7 Å². The zero-order valence-electron chi connectivity index (χ0n) is 8.52. The SMILES string of the molecule is NS(=O)(=O)c1cc2c(cc1C(F)(F)F)N=CNS2. The van der Waals surface area contributed by atoms with Crippen LogP contribution in [-0.4, -0.2) is 14.8 Å². The van der Waals surface area contributed by atoms with Crippen molar-refractivity contribution < 1.29 is 21.6 Å². The van der Waals surface area contributed by atoms with Crippen molar-refractivity contribution in [2.75, 3.05) is 0 Å². The number of alkyl halides is 3. The molecule has 0 fully saturated rings. The highest BCUT2D eigenvalue weighted by Gasteiger charge is 2.37. The maximum atomic E-state index is 12.8. The molecule has 10 heteroatoms. The molecule has 0 unspecified atom stereocenters. The Kier molecular flexibility index (Phi) is 3.03. The lowest BCUT2D eigenvalue weighted by atomic mass is 10.2. The van der Waals surface area contributed by atoms with Crippen LogP contribution in [0.1, 0.15) is 5.56 Å². The normalized spacial score (nSPS) is 15.1. The lowest BCUT2D eigenvalue weighted by Crippen LogP contribution is -2.19. The van der Waals surface area contributed by atoms with Crippen LogP contribution in [-0.2, 0) is 16.2 Å². The minimum absolute atomic E-state index is 0.0403. The van der Waals surface area contributed by atoms with E-state index in [0.29, 0.717) is 6.07 Å². The van der Waals surface area contributed by atoms with Gasteiger partial charge in [0.15, 0.2) is 0 Å². The number of nitrogens with one attached hydrogen (secondary N) is 1. The van der Waals surface area contributed by atoms with E-state index in [1.54, 1.807) is 0 Å². The number of nitrogens with zero attached hydrogens (tertiary/aromatic N) is 1. The van der Waals surface area contributed by atoms with Crippen molar-refractivity contribution in [3.63, 3.8) is 0 Å². The first-order chi connectivity index (χ1) is 8.19. The summed E-state index contributed by atoms with van der Waals surface area (Å²) in [7, 11) is -4.46. The molecule has 1 aliphatic rings. The van der Waals surface area contributed by atoms with Crippen LogP contribution in [0.2, 0.25) is 0 Å². The smallest absolute Gasteiger partial charge is 0.316 e. The van der Waals surface area contributed by atoms with Gasteiger partial charge in [-0.2, -0.15) is 13.2 Å². The van der Waals surface area contributed by atoms with Gasteiger partial charge in [0.05, 0.1) is 27.4 Å². The Morgan fingerprint density at radius 1 is 1.33 bits per heavy atom. The molecule has 0 saturated carbocycles. The highest BCUT2D eigenvalue weighted by Crippen LogP contribution is 2.41. The van der Waals surface area contributed by atoms with Crippen molar-refractivity contribution in [2.24, 2.45) is 10.1 Å². The van der Waals surface area contributed by atoms with Gasteiger partial charge in [0, 0.05) is 0 Å². The second-order valence-corrected chi connectivity index (χ2v) is 5.75. The minimum atomic E-state index is -4.82. The molecule has 1 aromatic carbocycles. The monoisotopic (exact) mass is 297 g/mol.